The summed E-state index contributed by atoms with van der Waals surface area (Å²) in [6.07, 6.45) is 1.19. The highest BCUT2D eigenvalue weighted by molar-refractivity contribution is 5.62. The zero-order valence-corrected chi connectivity index (χ0v) is 7.66. The summed E-state index contributed by atoms with van der Waals surface area (Å²) in [6, 6.07) is 8.76. The lowest BCUT2D eigenvalue weighted by molar-refractivity contribution is 0.639. The van der Waals surface area contributed by atoms with Crippen molar-refractivity contribution in [2.45, 2.75) is 12.3 Å². The molecular formula is C12H13N. The molecule has 0 amide bonds. The smallest absolute Gasteiger partial charge is 0.0405 e. The van der Waals surface area contributed by atoms with Gasteiger partial charge in [-0.3, -0.25) is 0 Å². The van der Waals surface area contributed by atoms with Crippen LogP contribution >= 0.6 is 0 Å². The first-order chi connectivity index (χ1) is 6.34. The second-order valence-electron chi connectivity index (χ2n) is 4.09. The number of rotatable bonds is 0. The molecule has 0 spiro atoms. The average molecular weight is 171 g/mol. The first-order valence-corrected chi connectivity index (χ1v) is 4.85. The standard InChI is InChI=1S/C12H13N/c1-9-6-10-8-13(7-9)12-5-3-2-4-11(10)12/h2-5,10H,1,6-8H2. The molecule has 1 atom stereocenters. The Kier molecular flexibility index (Phi) is 1.32. The topological polar surface area (TPSA) is 3.24 Å². The van der Waals surface area contributed by atoms with Crippen LogP contribution in [0.2, 0.25) is 0 Å². The lowest BCUT2D eigenvalue weighted by atomic mass is 9.93. The van der Waals surface area contributed by atoms with Crippen molar-refractivity contribution >= 4 is 5.69 Å². The molecule has 0 saturated carbocycles. The van der Waals surface area contributed by atoms with Crippen molar-refractivity contribution in [1.29, 1.82) is 0 Å². The lowest BCUT2D eigenvalue weighted by Crippen LogP contribution is -2.28. The van der Waals surface area contributed by atoms with Crippen molar-refractivity contribution in [2.24, 2.45) is 0 Å². The highest BCUT2D eigenvalue weighted by atomic mass is 15.2. The largest absolute Gasteiger partial charge is 0.367 e. The third-order valence-corrected chi connectivity index (χ3v) is 3.11. The van der Waals surface area contributed by atoms with Gasteiger partial charge in [-0.05, 0) is 18.1 Å². The van der Waals surface area contributed by atoms with Gasteiger partial charge in [-0.1, -0.05) is 30.4 Å². The second kappa shape index (κ2) is 2.38. The summed E-state index contributed by atoms with van der Waals surface area (Å²) < 4.78 is 0. The van der Waals surface area contributed by atoms with Gasteiger partial charge < -0.3 is 4.90 Å². The molecule has 1 unspecified atom stereocenters. The summed E-state index contributed by atoms with van der Waals surface area (Å²) in [5.41, 5.74) is 4.35. The molecule has 2 bridgehead atoms. The van der Waals surface area contributed by atoms with E-state index in [1.165, 1.54) is 29.8 Å². The third-order valence-electron chi connectivity index (χ3n) is 3.11. The molecule has 66 valence electrons. The third kappa shape index (κ3) is 0.932. The van der Waals surface area contributed by atoms with Crippen LogP contribution in [0, 0.1) is 0 Å². The molecule has 13 heavy (non-hydrogen) atoms. The highest BCUT2D eigenvalue weighted by Gasteiger charge is 2.32. The first kappa shape index (κ1) is 7.19. The predicted octanol–water partition coefficient (Wildman–Crippen LogP) is 2.55. The normalized spacial score (nSPS) is 24.8. The molecule has 0 N–H and O–H groups in total. The van der Waals surface area contributed by atoms with E-state index < -0.39 is 0 Å². The SMILES string of the molecule is C=C1CC2CN(C1)c1ccccc12. The molecule has 1 aromatic rings. The maximum absolute atomic E-state index is 4.10. The van der Waals surface area contributed by atoms with Crippen molar-refractivity contribution in [2.75, 3.05) is 18.0 Å². The van der Waals surface area contributed by atoms with E-state index in [1.54, 1.807) is 0 Å². The van der Waals surface area contributed by atoms with Gasteiger partial charge in [0.2, 0.25) is 0 Å². The quantitative estimate of drug-likeness (QED) is 0.542. The Morgan fingerprint density at radius 2 is 2.15 bits per heavy atom. The summed E-state index contributed by atoms with van der Waals surface area (Å²) in [7, 11) is 0. The Morgan fingerprint density at radius 1 is 1.31 bits per heavy atom. The summed E-state index contributed by atoms with van der Waals surface area (Å²) in [5.74, 6) is 0.720. The van der Waals surface area contributed by atoms with Crippen LogP contribution in [-0.4, -0.2) is 13.1 Å². The molecule has 1 aromatic carbocycles. The minimum Gasteiger partial charge on any atom is -0.367 e. The van der Waals surface area contributed by atoms with Crippen LogP contribution in [0.3, 0.4) is 0 Å². The fraction of sp³-hybridized carbons (Fsp3) is 0.333. The minimum atomic E-state index is 0.720. The molecule has 1 heteroatoms. The molecule has 3 rings (SSSR count). The van der Waals surface area contributed by atoms with Crippen LogP contribution in [-0.2, 0) is 0 Å². The molecule has 0 radical (unpaired) electrons. The van der Waals surface area contributed by atoms with Crippen molar-refractivity contribution in [3.05, 3.63) is 42.0 Å². The van der Waals surface area contributed by atoms with Crippen molar-refractivity contribution in [1.82, 2.24) is 0 Å². The van der Waals surface area contributed by atoms with E-state index in [2.05, 4.69) is 35.7 Å². The van der Waals surface area contributed by atoms with E-state index in [4.69, 9.17) is 0 Å². The Bertz CT molecular complexity index is 334. The maximum atomic E-state index is 4.10. The molecular weight excluding hydrogens is 158 g/mol. The predicted molar refractivity (Wildman–Crippen MR) is 55.2 cm³/mol. The number of piperidine rings is 1. The van der Waals surface area contributed by atoms with Gasteiger partial charge in [0.25, 0.3) is 0 Å². The van der Waals surface area contributed by atoms with Crippen LogP contribution in [0.25, 0.3) is 0 Å². The number of nitrogens with zero attached hydrogens (tertiary/aromatic N) is 1. The Labute approximate surface area is 78.7 Å². The van der Waals surface area contributed by atoms with Crippen molar-refractivity contribution in [3.8, 4) is 0 Å². The van der Waals surface area contributed by atoms with Crippen LogP contribution in [0.1, 0.15) is 17.9 Å². The summed E-state index contributed by atoms with van der Waals surface area (Å²) >= 11 is 0. The number of benzene rings is 1. The number of fused-ring (bicyclic) bond motifs is 5. The monoisotopic (exact) mass is 171 g/mol. The molecule has 1 saturated heterocycles. The molecule has 0 aliphatic carbocycles. The Hall–Kier alpha value is -1.24. The second-order valence-corrected chi connectivity index (χ2v) is 4.09. The Balaban J connectivity index is 2.14. The van der Waals surface area contributed by atoms with Crippen LogP contribution < -0.4 is 4.90 Å². The van der Waals surface area contributed by atoms with E-state index in [1.807, 2.05) is 0 Å². The van der Waals surface area contributed by atoms with Gasteiger partial charge in [0, 0.05) is 24.7 Å². The van der Waals surface area contributed by atoms with Crippen molar-refractivity contribution in [3.63, 3.8) is 0 Å². The molecule has 2 aliphatic heterocycles. The zero-order chi connectivity index (χ0) is 8.84. The fourth-order valence-electron chi connectivity index (χ4n) is 2.59. The first-order valence-electron chi connectivity index (χ1n) is 4.85. The van der Waals surface area contributed by atoms with Gasteiger partial charge in [-0.2, -0.15) is 0 Å². The number of para-hydroxylation sites is 1. The zero-order valence-electron chi connectivity index (χ0n) is 7.66. The lowest BCUT2D eigenvalue weighted by Gasteiger charge is -2.26. The van der Waals surface area contributed by atoms with Gasteiger partial charge in [-0.15, -0.1) is 0 Å². The van der Waals surface area contributed by atoms with Crippen molar-refractivity contribution < 1.29 is 0 Å². The van der Waals surface area contributed by atoms with Gasteiger partial charge >= 0.3 is 0 Å². The van der Waals surface area contributed by atoms with Crippen LogP contribution in [0.15, 0.2) is 36.4 Å². The van der Waals surface area contributed by atoms with E-state index in [0.29, 0.717) is 0 Å². The van der Waals surface area contributed by atoms with Crippen LogP contribution in [0.4, 0.5) is 5.69 Å². The average Bonchev–Trinajstić information content (AvgIpc) is 2.41. The van der Waals surface area contributed by atoms with Gasteiger partial charge in [0.1, 0.15) is 0 Å². The highest BCUT2D eigenvalue weighted by Crippen LogP contribution is 2.42. The molecule has 2 aliphatic rings. The van der Waals surface area contributed by atoms with E-state index in [9.17, 15) is 0 Å². The number of anilines is 1. The van der Waals surface area contributed by atoms with E-state index >= 15 is 0 Å². The van der Waals surface area contributed by atoms with E-state index in [0.717, 1.165) is 12.5 Å². The molecule has 1 fully saturated rings. The molecule has 0 aromatic heterocycles. The van der Waals surface area contributed by atoms with Gasteiger partial charge in [0.15, 0.2) is 0 Å². The summed E-state index contributed by atoms with van der Waals surface area (Å²) in [4.78, 5) is 2.45. The Morgan fingerprint density at radius 3 is 3.08 bits per heavy atom. The molecule has 2 heterocycles. The summed E-state index contributed by atoms with van der Waals surface area (Å²) in [5, 5.41) is 0. The fourth-order valence-corrected chi connectivity index (χ4v) is 2.59. The van der Waals surface area contributed by atoms with Gasteiger partial charge in [-0.25, -0.2) is 0 Å². The summed E-state index contributed by atoms with van der Waals surface area (Å²) in [6.45, 7) is 6.37. The van der Waals surface area contributed by atoms with Crippen LogP contribution in [0.5, 0.6) is 0 Å². The minimum absolute atomic E-state index is 0.720. The van der Waals surface area contributed by atoms with E-state index in [-0.39, 0.29) is 0 Å². The molecule has 1 nitrogen and oxygen atoms in total. The number of hydrogen-bond acceptors (Lipinski definition) is 1. The number of hydrogen-bond donors (Lipinski definition) is 0. The van der Waals surface area contributed by atoms with Gasteiger partial charge in [0.05, 0.1) is 0 Å². The maximum Gasteiger partial charge on any atom is 0.0405 e.